The molecular formula is C22H32O2. The van der Waals surface area contributed by atoms with Crippen LogP contribution in [0.2, 0.25) is 0 Å². The summed E-state index contributed by atoms with van der Waals surface area (Å²) in [4.78, 5) is 11.8. The van der Waals surface area contributed by atoms with E-state index in [1.165, 1.54) is 38.5 Å². The number of hydrogen-bond acceptors (Lipinski definition) is 2. The largest absolute Gasteiger partial charge is 0.385 e. The van der Waals surface area contributed by atoms with Gasteiger partial charge in [-0.3, -0.25) is 4.79 Å². The first kappa shape index (κ1) is 16.6. The molecule has 2 nitrogen and oxygen atoms in total. The number of rotatable bonds is 2. The van der Waals surface area contributed by atoms with Gasteiger partial charge in [0.25, 0.3) is 0 Å². The van der Waals surface area contributed by atoms with Crippen molar-refractivity contribution in [3.63, 3.8) is 0 Å². The fourth-order valence-corrected chi connectivity index (χ4v) is 6.68. The van der Waals surface area contributed by atoms with E-state index in [1.807, 2.05) is 0 Å². The summed E-state index contributed by atoms with van der Waals surface area (Å²) in [5.41, 5.74) is 2.47. The molecule has 0 aromatic rings. The highest BCUT2D eigenvalue weighted by molar-refractivity contribution is 5.92. The van der Waals surface area contributed by atoms with Crippen LogP contribution in [0.4, 0.5) is 0 Å². The van der Waals surface area contributed by atoms with Crippen LogP contribution in [0.3, 0.4) is 0 Å². The van der Waals surface area contributed by atoms with Gasteiger partial charge in [0.15, 0.2) is 5.78 Å². The molecule has 2 heteroatoms. The van der Waals surface area contributed by atoms with Crippen molar-refractivity contribution in [3.05, 3.63) is 23.3 Å². The number of ketones is 1. The van der Waals surface area contributed by atoms with Gasteiger partial charge in [-0.05, 0) is 86.2 Å². The summed E-state index contributed by atoms with van der Waals surface area (Å²) in [6, 6.07) is 0. The van der Waals surface area contributed by atoms with Gasteiger partial charge in [0.05, 0.1) is 5.60 Å². The second-order valence-electron chi connectivity index (χ2n) is 8.99. The lowest BCUT2D eigenvalue weighted by Crippen LogP contribution is -2.54. The average molecular weight is 328 g/mol. The Kier molecular flexibility index (Phi) is 4.03. The first-order valence-electron chi connectivity index (χ1n) is 10.1. The number of carbonyl (C=O) groups is 1. The van der Waals surface area contributed by atoms with Gasteiger partial charge < -0.3 is 5.11 Å². The highest BCUT2D eigenvalue weighted by atomic mass is 16.3. The van der Waals surface area contributed by atoms with Crippen LogP contribution in [-0.2, 0) is 4.79 Å². The maximum Gasteiger partial charge on any atom is 0.155 e. The molecule has 132 valence electrons. The number of allylic oxidation sites excluding steroid dienone is 2. The van der Waals surface area contributed by atoms with Crippen LogP contribution < -0.4 is 0 Å². The fourth-order valence-electron chi connectivity index (χ4n) is 6.68. The van der Waals surface area contributed by atoms with E-state index >= 15 is 0 Å². The SMILES string of the molecule is CCC/C=C1/CCC2C3CCC4=CC(=O)CC[C@]4(O)C3CC[C@]12C. The lowest BCUT2D eigenvalue weighted by Gasteiger charge is -2.56. The van der Waals surface area contributed by atoms with Crippen LogP contribution in [0.5, 0.6) is 0 Å². The molecule has 0 aromatic carbocycles. The van der Waals surface area contributed by atoms with E-state index in [4.69, 9.17) is 0 Å². The summed E-state index contributed by atoms with van der Waals surface area (Å²) in [5, 5.41) is 11.5. The van der Waals surface area contributed by atoms with E-state index in [-0.39, 0.29) is 5.78 Å². The van der Waals surface area contributed by atoms with Gasteiger partial charge in [0.1, 0.15) is 0 Å². The van der Waals surface area contributed by atoms with Crippen LogP contribution in [-0.4, -0.2) is 16.5 Å². The first-order chi connectivity index (χ1) is 11.5. The van der Waals surface area contributed by atoms with E-state index in [1.54, 1.807) is 11.6 Å². The quantitative estimate of drug-likeness (QED) is 0.727. The molecule has 0 spiro atoms. The minimum absolute atomic E-state index is 0.222. The molecule has 0 heterocycles. The van der Waals surface area contributed by atoms with Gasteiger partial charge in [0.2, 0.25) is 0 Å². The third-order valence-electron chi connectivity index (χ3n) is 7.97. The summed E-state index contributed by atoms with van der Waals surface area (Å²) >= 11 is 0. The molecule has 1 N–H and O–H groups in total. The Bertz CT molecular complexity index is 601. The van der Waals surface area contributed by atoms with Crippen molar-refractivity contribution in [1.82, 2.24) is 0 Å². The Morgan fingerprint density at radius 2 is 2.00 bits per heavy atom. The molecule has 0 aliphatic heterocycles. The lowest BCUT2D eigenvalue weighted by molar-refractivity contribution is -0.123. The number of fused-ring (bicyclic) bond motifs is 5. The molecule has 5 atom stereocenters. The minimum atomic E-state index is -0.673. The third-order valence-corrected chi connectivity index (χ3v) is 7.97. The Balaban J connectivity index is 1.63. The molecule has 3 saturated carbocycles. The molecule has 0 bridgehead atoms. The predicted octanol–water partition coefficient (Wildman–Crippen LogP) is 4.97. The van der Waals surface area contributed by atoms with Crippen molar-refractivity contribution in [1.29, 1.82) is 0 Å². The van der Waals surface area contributed by atoms with Crippen molar-refractivity contribution in [3.8, 4) is 0 Å². The van der Waals surface area contributed by atoms with Crippen LogP contribution >= 0.6 is 0 Å². The first-order valence-corrected chi connectivity index (χ1v) is 10.1. The molecule has 0 aromatic heterocycles. The summed E-state index contributed by atoms with van der Waals surface area (Å²) < 4.78 is 0. The normalized spacial score (nSPS) is 46.3. The van der Waals surface area contributed by atoms with Gasteiger partial charge in [-0.2, -0.15) is 0 Å². The number of hydrogen-bond donors (Lipinski definition) is 1. The van der Waals surface area contributed by atoms with Crippen LogP contribution in [0.15, 0.2) is 23.3 Å². The Morgan fingerprint density at radius 1 is 1.17 bits per heavy atom. The van der Waals surface area contributed by atoms with Crippen LogP contribution in [0.1, 0.15) is 78.1 Å². The molecule has 4 aliphatic carbocycles. The van der Waals surface area contributed by atoms with E-state index in [0.717, 1.165) is 24.3 Å². The Hall–Kier alpha value is -0.890. The maximum atomic E-state index is 11.8. The van der Waals surface area contributed by atoms with Gasteiger partial charge >= 0.3 is 0 Å². The Morgan fingerprint density at radius 3 is 2.79 bits per heavy atom. The zero-order chi connectivity index (χ0) is 16.9. The molecule has 0 saturated heterocycles. The second kappa shape index (κ2) is 5.83. The standard InChI is InChI=1S/C22H32O2/c1-3-4-5-15-7-9-19-18-8-6-16-14-17(23)10-13-22(16,24)20(18)11-12-21(15,19)2/h5,14,18-20,24H,3-4,6-13H2,1-2H3/b15-5-/t18?,19?,20?,21-,22-/m1/s1. The van der Waals surface area contributed by atoms with E-state index in [0.29, 0.717) is 30.1 Å². The number of carbonyl (C=O) groups excluding carboxylic acids is 1. The summed E-state index contributed by atoms with van der Waals surface area (Å²) in [7, 11) is 0. The van der Waals surface area contributed by atoms with Gasteiger partial charge in [-0.15, -0.1) is 0 Å². The van der Waals surface area contributed by atoms with Gasteiger partial charge in [-0.1, -0.05) is 31.9 Å². The maximum absolute atomic E-state index is 11.8. The predicted molar refractivity (Wildman–Crippen MR) is 96.5 cm³/mol. The Labute approximate surface area is 146 Å². The minimum Gasteiger partial charge on any atom is -0.385 e. The van der Waals surface area contributed by atoms with Crippen molar-refractivity contribution >= 4 is 5.78 Å². The molecule has 0 amide bonds. The highest BCUT2D eigenvalue weighted by Gasteiger charge is 2.58. The monoisotopic (exact) mass is 328 g/mol. The fraction of sp³-hybridized carbons (Fsp3) is 0.773. The van der Waals surface area contributed by atoms with Crippen LogP contribution in [0.25, 0.3) is 0 Å². The van der Waals surface area contributed by atoms with E-state index in [2.05, 4.69) is 19.9 Å². The molecule has 3 fully saturated rings. The third kappa shape index (κ3) is 2.29. The molecule has 4 rings (SSSR count). The van der Waals surface area contributed by atoms with E-state index in [9.17, 15) is 9.90 Å². The molecule has 0 radical (unpaired) electrons. The van der Waals surface area contributed by atoms with Crippen molar-refractivity contribution in [2.24, 2.45) is 23.2 Å². The lowest BCUT2D eigenvalue weighted by atomic mass is 9.50. The van der Waals surface area contributed by atoms with Gasteiger partial charge in [-0.25, -0.2) is 0 Å². The van der Waals surface area contributed by atoms with E-state index < -0.39 is 5.60 Å². The molecule has 4 aliphatic rings. The molecule has 3 unspecified atom stereocenters. The molecule has 24 heavy (non-hydrogen) atoms. The van der Waals surface area contributed by atoms with Crippen molar-refractivity contribution in [2.75, 3.05) is 0 Å². The van der Waals surface area contributed by atoms with Gasteiger partial charge in [0, 0.05) is 6.42 Å². The summed E-state index contributed by atoms with van der Waals surface area (Å²) in [6.45, 7) is 4.76. The number of aliphatic hydroxyl groups is 1. The summed E-state index contributed by atoms with van der Waals surface area (Å²) in [6.07, 6.45) is 15.0. The van der Waals surface area contributed by atoms with Crippen LogP contribution in [0, 0.1) is 23.2 Å². The van der Waals surface area contributed by atoms with Crippen molar-refractivity contribution < 1.29 is 9.90 Å². The zero-order valence-electron chi connectivity index (χ0n) is 15.3. The zero-order valence-corrected chi connectivity index (χ0v) is 15.3. The smallest absolute Gasteiger partial charge is 0.155 e. The van der Waals surface area contributed by atoms with Crippen molar-refractivity contribution in [2.45, 2.75) is 83.7 Å². The summed E-state index contributed by atoms with van der Waals surface area (Å²) in [5.74, 6) is 1.99. The average Bonchev–Trinajstić information content (AvgIpc) is 2.90. The topological polar surface area (TPSA) is 37.3 Å². The number of unbranched alkanes of at least 4 members (excludes halogenated alkanes) is 1. The molecular weight excluding hydrogens is 296 g/mol. The highest BCUT2D eigenvalue weighted by Crippen LogP contribution is 2.64. The second-order valence-corrected chi connectivity index (χ2v) is 8.99.